The lowest BCUT2D eigenvalue weighted by Gasteiger charge is -2.23. The third-order valence-electron chi connectivity index (χ3n) is 6.01. The van der Waals surface area contributed by atoms with Crippen LogP contribution in [0.15, 0.2) is 60.7 Å². The Kier molecular flexibility index (Phi) is 9.85. The molecular formula is C27H34N2O5. The predicted molar refractivity (Wildman–Crippen MR) is 134 cm³/mol. The number of nitrogens with zero attached hydrogens (tertiary/aromatic N) is 2. The second kappa shape index (κ2) is 13.1. The van der Waals surface area contributed by atoms with Gasteiger partial charge in [-0.15, -0.1) is 0 Å². The molecule has 3 aromatic carbocycles. The van der Waals surface area contributed by atoms with Crippen LogP contribution >= 0.6 is 0 Å². The van der Waals surface area contributed by atoms with Crippen molar-refractivity contribution in [2.45, 2.75) is 19.1 Å². The van der Waals surface area contributed by atoms with E-state index in [-0.39, 0.29) is 19.7 Å². The third kappa shape index (κ3) is 7.27. The van der Waals surface area contributed by atoms with Gasteiger partial charge in [-0.05, 0) is 66.2 Å². The number of β-amino-alcohol motifs (C(OH)–C–C–N with tert-alkyl or cyclic N) is 1. The first-order valence-electron chi connectivity index (χ1n) is 11.6. The number of hydrogen-bond acceptors (Lipinski definition) is 6. The van der Waals surface area contributed by atoms with Crippen LogP contribution in [0.1, 0.15) is 12.0 Å². The van der Waals surface area contributed by atoms with E-state index in [4.69, 9.17) is 14.6 Å². The Labute approximate surface area is 200 Å². The van der Waals surface area contributed by atoms with Gasteiger partial charge in [0.2, 0.25) is 0 Å². The second-order valence-electron chi connectivity index (χ2n) is 8.57. The smallest absolute Gasteiger partial charge is 0.290 e. The van der Waals surface area contributed by atoms with E-state index in [9.17, 15) is 10.2 Å². The molecule has 1 aliphatic rings. The summed E-state index contributed by atoms with van der Waals surface area (Å²) in [7, 11) is 2.15. The molecule has 1 aliphatic heterocycles. The summed E-state index contributed by atoms with van der Waals surface area (Å²) in [6, 6.07) is 20.3. The molecule has 0 radical (unpaired) electrons. The minimum Gasteiger partial charge on any atom is -0.491 e. The number of benzene rings is 3. The summed E-state index contributed by atoms with van der Waals surface area (Å²) in [5.74, 6) is 0.759. The molecule has 7 nitrogen and oxygen atoms in total. The van der Waals surface area contributed by atoms with Gasteiger partial charge < -0.3 is 25.0 Å². The Balaban J connectivity index is 0.00000103. The van der Waals surface area contributed by atoms with E-state index in [0.29, 0.717) is 6.54 Å². The zero-order chi connectivity index (χ0) is 24.3. The summed E-state index contributed by atoms with van der Waals surface area (Å²) < 4.78 is 6.05. The van der Waals surface area contributed by atoms with Crippen LogP contribution in [-0.2, 0) is 11.4 Å². The number of carboxylic acid groups (broad SMARTS) is 1. The highest BCUT2D eigenvalue weighted by Crippen LogP contribution is 2.33. The molecular weight excluding hydrogens is 432 g/mol. The first-order chi connectivity index (χ1) is 16.5. The number of carbonyl (C=O) groups is 1. The van der Waals surface area contributed by atoms with Crippen LogP contribution in [0.4, 0.5) is 0 Å². The quantitative estimate of drug-likeness (QED) is 0.461. The second-order valence-corrected chi connectivity index (χ2v) is 8.57. The van der Waals surface area contributed by atoms with E-state index in [1.165, 1.54) is 0 Å². The number of likely N-dealkylation sites (N-methyl/N-ethyl adjacent to an activating group) is 1. The lowest BCUT2D eigenvalue weighted by atomic mass is 9.97. The van der Waals surface area contributed by atoms with Gasteiger partial charge in [0.05, 0.1) is 6.61 Å². The largest absolute Gasteiger partial charge is 0.491 e. The zero-order valence-electron chi connectivity index (χ0n) is 19.6. The van der Waals surface area contributed by atoms with Gasteiger partial charge >= 0.3 is 0 Å². The standard InChI is InChI=1S/C26H32N2O3.CH2O2/c1-27-11-4-12-28(14-13-27)17-23(30)19-31-24-15-22-5-2-3-6-25(22)26(16-24)21-9-7-20(18-29)8-10-21;2-1-3/h2-3,5-10,15-16,23,29-30H,4,11-14,17-19H2,1H3;1H,(H,2,3). The molecule has 0 aliphatic carbocycles. The maximum Gasteiger partial charge on any atom is 0.290 e. The molecule has 0 amide bonds. The fraction of sp³-hybridized carbons (Fsp3) is 0.370. The minimum absolute atomic E-state index is 0.0371. The number of aliphatic hydroxyl groups excluding tert-OH is 2. The van der Waals surface area contributed by atoms with Gasteiger partial charge in [0, 0.05) is 19.6 Å². The number of hydrogen-bond donors (Lipinski definition) is 3. The monoisotopic (exact) mass is 466 g/mol. The summed E-state index contributed by atoms with van der Waals surface area (Å²) in [4.78, 5) is 13.0. The molecule has 3 aromatic rings. The first kappa shape index (κ1) is 25.6. The van der Waals surface area contributed by atoms with Crippen molar-refractivity contribution in [1.82, 2.24) is 9.80 Å². The molecule has 34 heavy (non-hydrogen) atoms. The molecule has 0 spiro atoms. The van der Waals surface area contributed by atoms with Gasteiger partial charge in [-0.1, -0.05) is 48.5 Å². The summed E-state index contributed by atoms with van der Waals surface area (Å²) in [5, 5.41) is 29.1. The Morgan fingerprint density at radius 2 is 1.76 bits per heavy atom. The Hall–Kier alpha value is -2.97. The van der Waals surface area contributed by atoms with E-state index in [2.05, 4.69) is 29.0 Å². The zero-order valence-corrected chi connectivity index (χ0v) is 19.6. The molecule has 182 valence electrons. The maximum absolute atomic E-state index is 10.6. The lowest BCUT2D eigenvalue weighted by molar-refractivity contribution is -0.122. The van der Waals surface area contributed by atoms with E-state index >= 15 is 0 Å². The average molecular weight is 467 g/mol. The molecule has 1 unspecified atom stereocenters. The lowest BCUT2D eigenvalue weighted by Crippen LogP contribution is -2.37. The first-order valence-corrected chi connectivity index (χ1v) is 11.6. The van der Waals surface area contributed by atoms with E-state index in [0.717, 1.165) is 65.8 Å². The van der Waals surface area contributed by atoms with Gasteiger partial charge in [0.25, 0.3) is 6.47 Å². The van der Waals surface area contributed by atoms with Crippen molar-refractivity contribution in [3.8, 4) is 16.9 Å². The Morgan fingerprint density at radius 1 is 1.03 bits per heavy atom. The van der Waals surface area contributed by atoms with E-state index < -0.39 is 6.10 Å². The molecule has 1 heterocycles. The predicted octanol–water partition coefficient (Wildman–Crippen LogP) is 3.08. The van der Waals surface area contributed by atoms with Crippen molar-refractivity contribution in [3.05, 3.63) is 66.2 Å². The molecule has 0 aromatic heterocycles. The molecule has 7 heteroatoms. The topological polar surface area (TPSA) is 93.5 Å². The highest BCUT2D eigenvalue weighted by atomic mass is 16.5. The van der Waals surface area contributed by atoms with Gasteiger partial charge in [-0.3, -0.25) is 9.69 Å². The summed E-state index contributed by atoms with van der Waals surface area (Å²) in [6.07, 6.45) is 0.606. The number of ether oxygens (including phenoxy) is 1. The fourth-order valence-corrected chi connectivity index (χ4v) is 4.22. The fourth-order valence-electron chi connectivity index (χ4n) is 4.22. The Bertz CT molecular complexity index is 1040. The Morgan fingerprint density at radius 3 is 2.50 bits per heavy atom. The SMILES string of the molecule is CN1CCCN(CC(O)COc2cc(-c3ccc(CO)cc3)c3ccccc3c2)CC1.O=CO. The molecule has 0 saturated carbocycles. The molecule has 1 fully saturated rings. The normalized spacial score (nSPS) is 15.7. The summed E-state index contributed by atoms with van der Waals surface area (Å²) >= 11 is 0. The summed E-state index contributed by atoms with van der Waals surface area (Å²) in [6.45, 7) is 4.85. The third-order valence-corrected chi connectivity index (χ3v) is 6.01. The van der Waals surface area contributed by atoms with Crippen molar-refractivity contribution in [2.24, 2.45) is 0 Å². The van der Waals surface area contributed by atoms with Gasteiger partial charge in [0.15, 0.2) is 0 Å². The highest BCUT2D eigenvalue weighted by Gasteiger charge is 2.16. The average Bonchev–Trinajstić information content (AvgIpc) is 3.06. The molecule has 4 rings (SSSR count). The van der Waals surface area contributed by atoms with E-state index in [1.54, 1.807) is 0 Å². The maximum atomic E-state index is 10.6. The summed E-state index contributed by atoms with van der Waals surface area (Å²) in [5.41, 5.74) is 3.05. The van der Waals surface area contributed by atoms with Crippen molar-refractivity contribution >= 4 is 17.2 Å². The van der Waals surface area contributed by atoms with Gasteiger partial charge in [0.1, 0.15) is 18.5 Å². The van der Waals surface area contributed by atoms with Crippen LogP contribution in [0.25, 0.3) is 21.9 Å². The number of fused-ring (bicyclic) bond motifs is 1. The van der Waals surface area contributed by atoms with Crippen LogP contribution in [-0.4, -0.2) is 84.1 Å². The van der Waals surface area contributed by atoms with Crippen LogP contribution in [0.5, 0.6) is 5.75 Å². The van der Waals surface area contributed by atoms with Gasteiger partial charge in [-0.25, -0.2) is 0 Å². The molecule has 3 N–H and O–H groups in total. The van der Waals surface area contributed by atoms with Crippen LogP contribution in [0.3, 0.4) is 0 Å². The van der Waals surface area contributed by atoms with Crippen molar-refractivity contribution < 1.29 is 24.9 Å². The molecule has 1 atom stereocenters. The number of rotatable bonds is 7. The van der Waals surface area contributed by atoms with Crippen molar-refractivity contribution in [1.29, 1.82) is 0 Å². The molecule has 1 saturated heterocycles. The molecule has 0 bridgehead atoms. The van der Waals surface area contributed by atoms with Crippen LogP contribution in [0.2, 0.25) is 0 Å². The van der Waals surface area contributed by atoms with Crippen molar-refractivity contribution in [2.75, 3.05) is 46.4 Å². The van der Waals surface area contributed by atoms with Crippen LogP contribution < -0.4 is 4.74 Å². The minimum atomic E-state index is -0.526. The van der Waals surface area contributed by atoms with E-state index in [1.807, 2.05) is 48.5 Å². The van der Waals surface area contributed by atoms with Gasteiger partial charge in [-0.2, -0.15) is 0 Å². The number of aliphatic hydroxyl groups is 2. The van der Waals surface area contributed by atoms with Crippen LogP contribution in [0, 0.1) is 0 Å². The highest BCUT2D eigenvalue weighted by molar-refractivity contribution is 5.97. The van der Waals surface area contributed by atoms with Crippen molar-refractivity contribution in [3.63, 3.8) is 0 Å².